The molecule has 0 saturated heterocycles. The first-order valence-corrected chi connectivity index (χ1v) is 11.9. The van der Waals surface area contributed by atoms with Crippen LogP contribution in [0.4, 0.5) is 5.69 Å². The summed E-state index contributed by atoms with van der Waals surface area (Å²) in [5, 5.41) is 22.9. The van der Waals surface area contributed by atoms with Gasteiger partial charge in [-0.2, -0.15) is 9.78 Å². The quantitative estimate of drug-likeness (QED) is 0.269. The summed E-state index contributed by atoms with van der Waals surface area (Å²) in [4.78, 5) is 2.08. The Morgan fingerprint density at radius 2 is 1.62 bits per heavy atom. The maximum atomic E-state index is 9.20. The minimum atomic E-state index is 0.0497. The van der Waals surface area contributed by atoms with E-state index in [9.17, 15) is 5.11 Å². The second-order valence-corrected chi connectivity index (χ2v) is 8.75. The van der Waals surface area contributed by atoms with Crippen molar-refractivity contribution in [2.24, 2.45) is 5.10 Å². The van der Waals surface area contributed by atoms with Crippen LogP contribution in [-0.4, -0.2) is 52.6 Å². The lowest BCUT2D eigenvalue weighted by molar-refractivity contribution is 0.290. The van der Waals surface area contributed by atoms with E-state index in [2.05, 4.69) is 56.6 Å². The van der Waals surface area contributed by atoms with Gasteiger partial charge in [0, 0.05) is 25.5 Å². The highest BCUT2D eigenvalue weighted by Gasteiger charge is 2.13. The van der Waals surface area contributed by atoms with E-state index in [4.69, 9.17) is 4.74 Å². The SMILES string of the molecule is CN(C)c1ccc(-c2ccc(/C=N/n3c(COc4ccccc4)nnc3SCCO)cc2)cc1. The Bertz CT molecular complexity index is 1210. The fourth-order valence-electron chi connectivity index (χ4n) is 3.23. The molecule has 34 heavy (non-hydrogen) atoms. The molecule has 0 atom stereocenters. The van der Waals surface area contributed by atoms with Gasteiger partial charge in [0.2, 0.25) is 5.16 Å². The number of benzene rings is 3. The second kappa shape index (κ2) is 11.5. The normalized spacial score (nSPS) is 11.1. The summed E-state index contributed by atoms with van der Waals surface area (Å²) in [5.74, 6) is 1.84. The van der Waals surface area contributed by atoms with Gasteiger partial charge in [-0.25, -0.2) is 0 Å². The van der Waals surface area contributed by atoms with Gasteiger partial charge >= 0.3 is 0 Å². The van der Waals surface area contributed by atoms with E-state index in [-0.39, 0.29) is 13.2 Å². The number of nitrogens with zero attached hydrogens (tertiary/aromatic N) is 5. The molecule has 0 aliphatic rings. The van der Waals surface area contributed by atoms with Crippen LogP contribution < -0.4 is 9.64 Å². The lowest BCUT2D eigenvalue weighted by Crippen LogP contribution is -2.07. The van der Waals surface area contributed by atoms with Crippen molar-refractivity contribution in [1.29, 1.82) is 0 Å². The van der Waals surface area contributed by atoms with Crippen LogP contribution in [-0.2, 0) is 6.61 Å². The van der Waals surface area contributed by atoms with Crippen LogP contribution in [0.2, 0.25) is 0 Å². The number of hydrogen-bond acceptors (Lipinski definition) is 7. The summed E-state index contributed by atoms with van der Waals surface area (Å²) in [6, 6.07) is 26.3. The summed E-state index contributed by atoms with van der Waals surface area (Å²) in [6.07, 6.45) is 1.78. The van der Waals surface area contributed by atoms with Crippen LogP contribution in [0.5, 0.6) is 5.75 Å². The molecular weight excluding hydrogens is 446 g/mol. The summed E-state index contributed by atoms with van der Waals surface area (Å²) in [6.45, 7) is 0.282. The van der Waals surface area contributed by atoms with Crippen LogP contribution in [0.3, 0.4) is 0 Å². The lowest BCUT2D eigenvalue weighted by Gasteiger charge is -2.12. The third kappa shape index (κ3) is 6.03. The summed E-state index contributed by atoms with van der Waals surface area (Å²) >= 11 is 1.39. The van der Waals surface area contributed by atoms with E-state index in [1.165, 1.54) is 17.4 Å². The zero-order valence-electron chi connectivity index (χ0n) is 19.2. The van der Waals surface area contributed by atoms with Gasteiger partial charge in [0.05, 0.1) is 12.8 Å². The molecule has 0 saturated carbocycles. The number of aromatic nitrogens is 3. The molecule has 0 spiro atoms. The van der Waals surface area contributed by atoms with Gasteiger partial charge in [-0.05, 0) is 41.0 Å². The Morgan fingerprint density at radius 3 is 2.26 bits per heavy atom. The average Bonchev–Trinajstić information content (AvgIpc) is 3.27. The number of ether oxygens (including phenoxy) is 1. The molecule has 0 aliphatic carbocycles. The Balaban J connectivity index is 1.50. The van der Waals surface area contributed by atoms with Crippen LogP contribution in [0, 0.1) is 0 Å². The van der Waals surface area contributed by atoms with Gasteiger partial charge in [-0.15, -0.1) is 10.2 Å². The number of rotatable bonds is 10. The standard InChI is InChI=1S/C26H27N5O2S/c1-30(2)23-14-12-22(13-15-23)21-10-8-20(9-11-21)18-27-31-25(28-29-26(31)34-17-16-32)19-33-24-6-4-3-5-7-24/h3-15,18,32H,16-17,19H2,1-2H3/b27-18+. The molecule has 1 heterocycles. The molecule has 4 aromatic rings. The topological polar surface area (TPSA) is 75.8 Å². The molecule has 0 amide bonds. The van der Waals surface area contributed by atoms with E-state index < -0.39 is 0 Å². The van der Waals surface area contributed by atoms with Crippen molar-refractivity contribution in [3.63, 3.8) is 0 Å². The maximum Gasteiger partial charge on any atom is 0.212 e. The monoisotopic (exact) mass is 473 g/mol. The van der Waals surface area contributed by atoms with E-state index in [1.54, 1.807) is 10.9 Å². The van der Waals surface area contributed by atoms with Gasteiger partial charge in [0.25, 0.3) is 0 Å². The zero-order valence-corrected chi connectivity index (χ0v) is 20.0. The molecule has 0 radical (unpaired) electrons. The van der Waals surface area contributed by atoms with Gasteiger partial charge < -0.3 is 14.7 Å². The molecule has 0 bridgehead atoms. The van der Waals surface area contributed by atoms with Crippen molar-refractivity contribution in [1.82, 2.24) is 14.9 Å². The Morgan fingerprint density at radius 1 is 0.941 bits per heavy atom. The predicted molar refractivity (Wildman–Crippen MR) is 138 cm³/mol. The van der Waals surface area contributed by atoms with E-state index in [0.29, 0.717) is 16.7 Å². The van der Waals surface area contributed by atoms with Crippen LogP contribution >= 0.6 is 11.8 Å². The van der Waals surface area contributed by atoms with Gasteiger partial charge in [0.1, 0.15) is 12.4 Å². The highest BCUT2D eigenvalue weighted by molar-refractivity contribution is 7.99. The first kappa shape index (κ1) is 23.5. The average molecular weight is 474 g/mol. The number of para-hydroxylation sites is 1. The van der Waals surface area contributed by atoms with Crippen molar-refractivity contribution in [3.05, 3.63) is 90.3 Å². The third-order valence-corrected chi connectivity index (χ3v) is 5.96. The summed E-state index contributed by atoms with van der Waals surface area (Å²) in [7, 11) is 4.07. The molecule has 0 unspecified atom stereocenters. The fraction of sp³-hybridized carbons (Fsp3) is 0.192. The van der Waals surface area contributed by atoms with Crippen molar-refractivity contribution < 1.29 is 9.84 Å². The van der Waals surface area contributed by atoms with Crippen molar-refractivity contribution in [2.75, 3.05) is 31.4 Å². The molecule has 7 nitrogen and oxygen atoms in total. The Labute approximate surface area is 203 Å². The molecular formula is C26H27N5O2S. The van der Waals surface area contributed by atoms with E-state index >= 15 is 0 Å². The van der Waals surface area contributed by atoms with E-state index in [0.717, 1.165) is 22.4 Å². The first-order chi connectivity index (χ1) is 16.6. The fourth-order valence-corrected chi connectivity index (χ4v) is 3.88. The summed E-state index contributed by atoms with van der Waals surface area (Å²) < 4.78 is 7.50. The largest absolute Gasteiger partial charge is 0.486 e. The minimum Gasteiger partial charge on any atom is -0.486 e. The van der Waals surface area contributed by atoms with E-state index in [1.807, 2.05) is 56.6 Å². The molecule has 1 N–H and O–H groups in total. The van der Waals surface area contributed by atoms with Crippen molar-refractivity contribution >= 4 is 23.7 Å². The summed E-state index contributed by atoms with van der Waals surface area (Å²) in [5.41, 5.74) is 4.43. The molecule has 0 aliphatic heterocycles. The molecule has 1 aromatic heterocycles. The number of hydrogen-bond donors (Lipinski definition) is 1. The van der Waals surface area contributed by atoms with Gasteiger partial charge in [-0.1, -0.05) is 66.4 Å². The molecule has 3 aromatic carbocycles. The number of thioether (sulfide) groups is 1. The predicted octanol–water partition coefficient (Wildman–Crippen LogP) is 4.56. The minimum absolute atomic E-state index is 0.0497. The Kier molecular flexibility index (Phi) is 7.95. The highest BCUT2D eigenvalue weighted by atomic mass is 32.2. The number of aliphatic hydroxyl groups is 1. The van der Waals surface area contributed by atoms with Gasteiger partial charge in [0.15, 0.2) is 5.82 Å². The molecule has 8 heteroatoms. The number of aliphatic hydroxyl groups excluding tert-OH is 1. The molecule has 0 fully saturated rings. The van der Waals surface area contributed by atoms with Gasteiger partial charge in [-0.3, -0.25) is 0 Å². The van der Waals surface area contributed by atoms with Crippen molar-refractivity contribution in [3.8, 4) is 16.9 Å². The third-order valence-electron chi connectivity index (χ3n) is 5.06. The molecule has 174 valence electrons. The van der Waals surface area contributed by atoms with Crippen LogP contribution in [0.1, 0.15) is 11.4 Å². The number of anilines is 1. The lowest BCUT2D eigenvalue weighted by atomic mass is 10.0. The first-order valence-electron chi connectivity index (χ1n) is 10.9. The van der Waals surface area contributed by atoms with Crippen LogP contribution in [0.25, 0.3) is 11.1 Å². The zero-order chi connectivity index (χ0) is 23.8. The molecule has 4 rings (SSSR count). The van der Waals surface area contributed by atoms with Crippen molar-refractivity contribution in [2.45, 2.75) is 11.8 Å². The van der Waals surface area contributed by atoms with Crippen LogP contribution in [0.15, 0.2) is 89.1 Å². The Hall–Kier alpha value is -3.62. The second-order valence-electron chi connectivity index (χ2n) is 7.69. The smallest absolute Gasteiger partial charge is 0.212 e. The highest BCUT2D eigenvalue weighted by Crippen LogP contribution is 2.23. The maximum absolute atomic E-state index is 9.20.